The Labute approximate surface area is 126 Å². The molecule has 4 nitrogen and oxygen atoms in total. The summed E-state index contributed by atoms with van der Waals surface area (Å²) < 4.78 is 5.24. The van der Waals surface area contributed by atoms with Crippen LogP contribution in [0.1, 0.15) is 10.4 Å². The second-order valence-corrected chi connectivity index (χ2v) is 4.81. The third-order valence-electron chi connectivity index (χ3n) is 2.76. The third-order valence-corrected chi connectivity index (χ3v) is 3.15. The molecule has 0 radical (unpaired) electrons. The molecule has 1 aromatic heterocycles. The number of para-hydroxylation sites is 2. The van der Waals surface area contributed by atoms with E-state index in [-0.39, 0.29) is 16.2 Å². The highest BCUT2D eigenvalue weighted by molar-refractivity contribution is 6.33. The minimum absolute atomic E-state index is 0.175. The molecule has 0 aliphatic rings. The predicted molar refractivity (Wildman–Crippen MR) is 80.0 cm³/mol. The first kappa shape index (κ1) is 14.6. The van der Waals surface area contributed by atoms with Crippen LogP contribution < -0.4 is 9.64 Å². The molecular formula is C14H12Cl2N2O2. The number of aromatic nitrogens is 1. The van der Waals surface area contributed by atoms with Gasteiger partial charge < -0.3 is 9.64 Å². The molecule has 0 spiro atoms. The topological polar surface area (TPSA) is 42.4 Å². The molecule has 0 bridgehead atoms. The summed E-state index contributed by atoms with van der Waals surface area (Å²) >= 11 is 11.6. The molecule has 0 saturated heterocycles. The second-order valence-electron chi connectivity index (χ2n) is 4.04. The highest BCUT2D eigenvalue weighted by Crippen LogP contribution is 2.28. The van der Waals surface area contributed by atoms with Crippen molar-refractivity contribution in [2.45, 2.75) is 0 Å². The SMILES string of the molecule is COc1ccccc1N(C)C(=O)c1cc(Cl)nc(Cl)c1. The number of amides is 1. The molecule has 0 aliphatic heterocycles. The van der Waals surface area contributed by atoms with Gasteiger partial charge in [-0.15, -0.1) is 0 Å². The zero-order valence-electron chi connectivity index (χ0n) is 10.9. The van der Waals surface area contributed by atoms with Crippen molar-refractivity contribution in [2.75, 3.05) is 19.1 Å². The van der Waals surface area contributed by atoms with Crippen LogP contribution >= 0.6 is 23.2 Å². The van der Waals surface area contributed by atoms with Crippen LogP contribution in [0.3, 0.4) is 0 Å². The molecule has 2 aromatic rings. The number of pyridine rings is 1. The zero-order chi connectivity index (χ0) is 14.7. The Morgan fingerprint density at radius 2 is 1.80 bits per heavy atom. The van der Waals surface area contributed by atoms with Crippen molar-refractivity contribution in [1.29, 1.82) is 0 Å². The van der Waals surface area contributed by atoms with E-state index in [9.17, 15) is 4.79 Å². The maximum atomic E-state index is 12.4. The summed E-state index contributed by atoms with van der Waals surface area (Å²) in [5.74, 6) is 0.357. The molecule has 1 amide bonds. The van der Waals surface area contributed by atoms with Gasteiger partial charge in [0.25, 0.3) is 5.91 Å². The fourth-order valence-electron chi connectivity index (χ4n) is 1.80. The summed E-state index contributed by atoms with van der Waals surface area (Å²) in [6.07, 6.45) is 0. The van der Waals surface area contributed by atoms with Gasteiger partial charge in [0, 0.05) is 12.6 Å². The van der Waals surface area contributed by atoms with E-state index in [1.807, 2.05) is 12.1 Å². The molecular weight excluding hydrogens is 299 g/mol. The van der Waals surface area contributed by atoms with E-state index in [0.717, 1.165) is 0 Å². The van der Waals surface area contributed by atoms with Crippen molar-refractivity contribution in [3.05, 3.63) is 52.3 Å². The number of carbonyl (C=O) groups is 1. The van der Waals surface area contributed by atoms with Crippen LogP contribution in [0, 0.1) is 0 Å². The Morgan fingerprint density at radius 1 is 1.20 bits per heavy atom. The Balaban J connectivity index is 2.37. The van der Waals surface area contributed by atoms with E-state index in [2.05, 4.69) is 4.98 Å². The molecule has 6 heteroatoms. The number of methoxy groups -OCH3 is 1. The summed E-state index contributed by atoms with van der Waals surface area (Å²) in [6.45, 7) is 0. The second kappa shape index (κ2) is 6.11. The number of hydrogen-bond donors (Lipinski definition) is 0. The van der Waals surface area contributed by atoms with Gasteiger partial charge in [0.05, 0.1) is 12.8 Å². The Morgan fingerprint density at radius 3 is 2.40 bits per heavy atom. The molecule has 104 valence electrons. The highest BCUT2D eigenvalue weighted by atomic mass is 35.5. The van der Waals surface area contributed by atoms with E-state index in [0.29, 0.717) is 17.0 Å². The van der Waals surface area contributed by atoms with Gasteiger partial charge in [-0.25, -0.2) is 4.98 Å². The number of ether oxygens (including phenoxy) is 1. The van der Waals surface area contributed by atoms with E-state index in [1.54, 1.807) is 26.3 Å². The zero-order valence-corrected chi connectivity index (χ0v) is 12.4. The summed E-state index contributed by atoms with van der Waals surface area (Å²) in [5, 5.41) is 0.351. The van der Waals surface area contributed by atoms with Crippen LogP contribution in [0.2, 0.25) is 10.3 Å². The van der Waals surface area contributed by atoms with Crippen LogP contribution in [-0.4, -0.2) is 25.0 Å². The van der Waals surface area contributed by atoms with Crippen LogP contribution in [0.25, 0.3) is 0 Å². The van der Waals surface area contributed by atoms with E-state index >= 15 is 0 Å². The number of halogens is 2. The van der Waals surface area contributed by atoms with E-state index < -0.39 is 0 Å². The van der Waals surface area contributed by atoms with Gasteiger partial charge >= 0.3 is 0 Å². The summed E-state index contributed by atoms with van der Waals surface area (Å²) in [4.78, 5) is 17.7. The first-order chi connectivity index (χ1) is 9.52. The summed E-state index contributed by atoms with van der Waals surface area (Å²) in [6, 6.07) is 10.2. The summed E-state index contributed by atoms with van der Waals surface area (Å²) in [7, 11) is 3.21. The number of benzene rings is 1. The lowest BCUT2D eigenvalue weighted by Crippen LogP contribution is -2.26. The summed E-state index contributed by atoms with van der Waals surface area (Å²) in [5.41, 5.74) is 1.02. The fraction of sp³-hybridized carbons (Fsp3) is 0.143. The lowest BCUT2D eigenvalue weighted by molar-refractivity contribution is 0.0992. The van der Waals surface area contributed by atoms with Gasteiger partial charge in [-0.1, -0.05) is 35.3 Å². The van der Waals surface area contributed by atoms with E-state index in [1.165, 1.54) is 17.0 Å². The first-order valence-electron chi connectivity index (χ1n) is 5.77. The molecule has 0 aliphatic carbocycles. The van der Waals surface area contributed by atoms with Crippen molar-refractivity contribution in [1.82, 2.24) is 4.98 Å². The van der Waals surface area contributed by atoms with Crippen LogP contribution in [0.5, 0.6) is 5.75 Å². The predicted octanol–water partition coefficient (Wildman–Crippen LogP) is 3.67. The van der Waals surface area contributed by atoms with Gasteiger partial charge in [0.2, 0.25) is 0 Å². The number of rotatable bonds is 3. The maximum Gasteiger partial charge on any atom is 0.258 e. The van der Waals surface area contributed by atoms with Crippen molar-refractivity contribution in [3.63, 3.8) is 0 Å². The first-order valence-corrected chi connectivity index (χ1v) is 6.52. The van der Waals surface area contributed by atoms with Gasteiger partial charge in [-0.2, -0.15) is 0 Å². The van der Waals surface area contributed by atoms with Crippen LogP contribution in [0.15, 0.2) is 36.4 Å². The fourth-order valence-corrected chi connectivity index (χ4v) is 2.26. The Bertz CT molecular complexity index is 627. The number of nitrogens with zero attached hydrogens (tertiary/aromatic N) is 2. The average Bonchev–Trinajstić information content (AvgIpc) is 2.44. The molecule has 2 rings (SSSR count). The molecule has 0 N–H and O–H groups in total. The molecule has 1 aromatic carbocycles. The van der Waals surface area contributed by atoms with Crippen LogP contribution in [-0.2, 0) is 0 Å². The average molecular weight is 311 g/mol. The van der Waals surface area contributed by atoms with Gasteiger partial charge in [-0.3, -0.25) is 4.79 Å². The monoisotopic (exact) mass is 310 g/mol. The Hall–Kier alpha value is -1.78. The van der Waals surface area contributed by atoms with Crippen molar-refractivity contribution in [3.8, 4) is 5.75 Å². The van der Waals surface area contributed by atoms with Crippen molar-refractivity contribution in [2.24, 2.45) is 0 Å². The minimum Gasteiger partial charge on any atom is -0.495 e. The molecule has 20 heavy (non-hydrogen) atoms. The van der Waals surface area contributed by atoms with E-state index in [4.69, 9.17) is 27.9 Å². The third kappa shape index (κ3) is 3.03. The van der Waals surface area contributed by atoms with Gasteiger partial charge in [0.1, 0.15) is 16.1 Å². The highest BCUT2D eigenvalue weighted by Gasteiger charge is 2.17. The van der Waals surface area contributed by atoms with Gasteiger partial charge in [-0.05, 0) is 24.3 Å². The number of hydrogen-bond acceptors (Lipinski definition) is 3. The molecule has 0 fully saturated rings. The smallest absolute Gasteiger partial charge is 0.258 e. The lowest BCUT2D eigenvalue weighted by atomic mass is 10.2. The quantitative estimate of drug-likeness (QED) is 0.812. The minimum atomic E-state index is -0.249. The molecule has 0 unspecified atom stereocenters. The maximum absolute atomic E-state index is 12.4. The van der Waals surface area contributed by atoms with Crippen molar-refractivity contribution < 1.29 is 9.53 Å². The van der Waals surface area contributed by atoms with Crippen molar-refractivity contribution >= 4 is 34.8 Å². The molecule has 0 saturated carbocycles. The van der Waals surface area contributed by atoms with Gasteiger partial charge in [0.15, 0.2) is 0 Å². The number of carbonyl (C=O) groups excluding carboxylic acids is 1. The van der Waals surface area contributed by atoms with Crippen LogP contribution in [0.4, 0.5) is 5.69 Å². The largest absolute Gasteiger partial charge is 0.495 e. The normalized spacial score (nSPS) is 10.2. The Kier molecular flexibility index (Phi) is 4.47. The lowest BCUT2D eigenvalue weighted by Gasteiger charge is -2.20. The standard InChI is InChI=1S/C14H12Cl2N2O2/c1-18(10-5-3-4-6-11(10)20-2)14(19)9-7-12(15)17-13(16)8-9/h3-8H,1-2H3. The number of anilines is 1. The molecule has 1 heterocycles. The molecule has 0 atom stereocenters.